The highest BCUT2D eigenvalue weighted by atomic mass is 35.5. The van der Waals surface area contributed by atoms with Gasteiger partial charge in [-0.2, -0.15) is 9.83 Å². The van der Waals surface area contributed by atoms with E-state index in [0.29, 0.717) is 11.4 Å². The van der Waals surface area contributed by atoms with Gasteiger partial charge in [0.05, 0.1) is 5.92 Å². The van der Waals surface area contributed by atoms with Gasteiger partial charge in [0.15, 0.2) is 12.4 Å². The van der Waals surface area contributed by atoms with Crippen molar-refractivity contribution in [2.24, 2.45) is 0 Å². The summed E-state index contributed by atoms with van der Waals surface area (Å²) in [5, 5.41) is 21.5. The molecule has 0 bridgehead atoms. The minimum Gasteiger partial charge on any atom is -0.494 e. The molecule has 6 heteroatoms. The Morgan fingerprint density at radius 1 is 1.00 bits per heavy atom. The zero-order chi connectivity index (χ0) is 21.8. The molecule has 2 aromatic carbocycles. The van der Waals surface area contributed by atoms with E-state index < -0.39 is 12.0 Å². The van der Waals surface area contributed by atoms with Gasteiger partial charge in [0.25, 0.3) is 5.91 Å². The molecule has 4 rings (SSSR count). The molecule has 0 saturated carbocycles. The molecule has 1 N–H and O–H groups in total. The molecule has 2 unspecified atom stereocenters. The summed E-state index contributed by atoms with van der Waals surface area (Å²) >= 11 is 6.05. The van der Waals surface area contributed by atoms with Crippen LogP contribution >= 0.6 is 11.6 Å². The van der Waals surface area contributed by atoms with E-state index in [9.17, 15) is 15.2 Å². The molecule has 1 aliphatic rings. The third-order valence-electron chi connectivity index (χ3n) is 5.52. The molecule has 31 heavy (non-hydrogen) atoms. The van der Waals surface area contributed by atoms with Gasteiger partial charge in [0, 0.05) is 23.7 Å². The number of nitriles is 1. The fourth-order valence-electron chi connectivity index (χ4n) is 3.99. The maximum atomic E-state index is 13.6. The standard InChI is InChI=1S/C25H20ClN3O2/c26-20-11-9-19(10-12-20)22-21(17-27)24(30)29(16-13-18-7-3-1-4-8-18)25(31)23(22)28-14-5-2-6-15-28/h1-12,14-15,22-23H,13,16H2/p+1. The van der Waals surface area contributed by atoms with Crippen molar-refractivity contribution >= 4 is 17.5 Å². The average Bonchev–Trinajstić information content (AvgIpc) is 2.80. The second-order valence-electron chi connectivity index (χ2n) is 7.37. The fourth-order valence-corrected chi connectivity index (χ4v) is 4.11. The lowest BCUT2D eigenvalue weighted by atomic mass is 9.81. The zero-order valence-corrected chi connectivity index (χ0v) is 17.5. The normalized spacial score (nSPS) is 18.7. The third kappa shape index (κ3) is 4.16. The summed E-state index contributed by atoms with van der Waals surface area (Å²) in [6.45, 7) is 0.275. The lowest BCUT2D eigenvalue weighted by Crippen LogP contribution is -2.55. The van der Waals surface area contributed by atoms with Gasteiger partial charge < -0.3 is 5.11 Å². The Bertz CT molecular complexity index is 1140. The molecule has 2 heterocycles. The first-order valence-corrected chi connectivity index (χ1v) is 10.4. The van der Waals surface area contributed by atoms with Crippen LogP contribution in [-0.2, 0) is 11.2 Å². The first-order valence-electron chi connectivity index (χ1n) is 10.00. The zero-order valence-electron chi connectivity index (χ0n) is 16.7. The van der Waals surface area contributed by atoms with E-state index in [1.807, 2.05) is 48.5 Å². The largest absolute Gasteiger partial charge is 0.494 e. The molecule has 0 fully saturated rings. The van der Waals surface area contributed by atoms with Crippen LogP contribution in [0.1, 0.15) is 23.1 Å². The second kappa shape index (κ2) is 9.03. The molecule has 3 aromatic rings. The van der Waals surface area contributed by atoms with Crippen LogP contribution in [0.25, 0.3) is 0 Å². The van der Waals surface area contributed by atoms with Gasteiger partial charge in [0.2, 0.25) is 11.9 Å². The number of carbonyl (C=O) groups is 1. The number of carbonyl (C=O) groups excluding carboxylic acids is 1. The molecule has 1 aromatic heterocycles. The number of rotatable bonds is 5. The Hall–Kier alpha value is -3.62. The number of aromatic nitrogens is 1. The quantitative estimate of drug-likeness (QED) is 0.612. The van der Waals surface area contributed by atoms with Crippen LogP contribution in [0.5, 0.6) is 0 Å². The summed E-state index contributed by atoms with van der Waals surface area (Å²) in [6.07, 6.45) is 4.17. The number of halogens is 1. The summed E-state index contributed by atoms with van der Waals surface area (Å²) in [4.78, 5) is 15.0. The number of aliphatic hydroxyl groups excluding tert-OH is 1. The Balaban J connectivity index is 1.79. The fraction of sp³-hybridized carbons (Fsp3) is 0.160. The molecule has 2 atom stereocenters. The lowest BCUT2D eigenvalue weighted by Gasteiger charge is -2.34. The predicted octanol–water partition coefficient (Wildman–Crippen LogP) is 4.33. The van der Waals surface area contributed by atoms with E-state index in [4.69, 9.17) is 11.6 Å². The van der Waals surface area contributed by atoms with E-state index >= 15 is 0 Å². The topological polar surface area (TPSA) is 68.2 Å². The van der Waals surface area contributed by atoms with Crippen LogP contribution in [0.15, 0.2) is 96.6 Å². The lowest BCUT2D eigenvalue weighted by molar-refractivity contribution is -0.712. The Morgan fingerprint density at radius 3 is 2.29 bits per heavy atom. The Morgan fingerprint density at radius 2 is 1.65 bits per heavy atom. The molecule has 0 aliphatic carbocycles. The van der Waals surface area contributed by atoms with Gasteiger partial charge in [0.1, 0.15) is 11.6 Å². The summed E-state index contributed by atoms with van der Waals surface area (Å²) in [7, 11) is 0. The van der Waals surface area contributed by atoms with Crippen LogP contribution < -0.4 is 4.57 Å². The maximum Gasteiger partial charge on any atom is 0.299 e. The van der Waals surface area contributed by atoms with E-state index in [1.54, 1.807) is 41.2 Å². The van der Waals surface area contributed by atoms with Crippen molar-refractivity contribution in [1.82, 2.24) is 4.90 Å². The molecule has 1 aliphatic heterocycles. The van der Waals surface area contributed by atoms with Gasteiger partial charge in [-0.3, -0.25) is 9.69 Å². The van der Waals surface area contributed by atoms with Gasteiger partial charge in [-0.05, 0) is 29.7 Å². The van der Waals surface area contributed by atoms with Gasteiger partial charge >= 0.3 is 0 Å². The number of pyridine rings is 1. The molecule has 154 valence electrons. The minimum absolute atomic E-state index is 0.163. The Labute approximate surface area is 186 Å². The van der Waals surface area contributed by atoms with Gasteiger partial charge in [-0.15, -0.1) is 0 Å². The number of hydrogen-bond donors (Lipinski definition) is 1. The van der Waals surface area contributed by atoms with Crippen LogP contribution in [0.4, 0.5) is 0 Å². The average molecular weight is 431 g/mol. The van der Waals surface area contributed by atoms with Crippen molar-refractivity contribution in [3.63, 3.8) is 0 Å². The summed E-state index contributed by atoms with van der Waals surface area (Å²) in [5.41, 5.74) is 1.95. The predicted molar refractivity (Wildman–Crippen MR) is 117 cm³/mol. The van der Waals surface area contributed by atoms with Crippen molar-refractivity contribution in [3.8, 4) is 6.07 Å². The number of allylic oxidation sites excluding steroid dienone is 1. The van der Waals surface area contributed by atoms with Crippen molar-refractivity contribution in [2.45, 2.75) is 18.4 Å². The molecule has 0 saturated heterocycles. The highest BCUT2D eigenvalue weighted by molar-refractivity contribution is 6.30. The first kappa shape index (κ1) is 20.6. The molecule has 1 amide bonds. The van der Waals surface area contributed by atoms with Crippen molar-refractivity contribution in [3.05, 3.63) is 113 Å². The number of hydrogen-bond acceptors (Lipinski definition) is 3. The summed E-state index contributed by atoms with van der Waals surface area (Å²) in [5.74, 6) is -1.17. The minimum atomic E-state index is -0.705. The monoisotopic (exact) mass is 430 g/mol. The van der Waals surface area contributed by atoms with Crippen LogP contribution in [0, 0.1) is 11.3 Å². The summed E-state index contributed by atoms with van der Waals surface area (Å²) < 4.78 is 1.79. The number of amides is 1. The Kier molecular flexibility index (Phi) is 6.01. The molecule has 5 nitrogen and oxygen atoms in total. The molecule has 0 radical (unpaired) electrons. The highest BCUT2D eigenvalue weighted by Crippen LogP contribution is 2.40. The number of nitrogens with zero attached hydrogens (tertiary/aromatic N) is 3. The molecular weight excluding hydrogens is 410 g/mol. The van der Waals surface area contributed by atoms with E-state index in [-0.39, 0.29) is 23.9 Å². The highest BCUT2D eigenvalue weighted by Gasteiger charge is 2.49. The van der Waals surface area contributed by atoms with Crippen molar-refractivity contribution in [2.75, 3.05) is 6.54 Å². The van der Waals surface area contributed by atoms with Crippen molar-refractivity contribution in [1.29, 1.82) is 5.26 Å². The van der Waals surface area contributed by atoms with E-state index in [0.717, 1.165) is 11.1 Å². The van der Waals surface area contributed by atoms with Crippen LogP contribution in [-0.4, -0.2) is 22.5 Å². The smallest absolute Gasteiger partial charge is 0.299 e. The molecule has 0 spiro atoms. The van der Waals surface area contributed by atoms with Crippen LogP contribution in [0.2, 0.25) is 5.02 Å². The van der Waals surface area contributed by atoms with Crippen LogP contribution in [0.3, 0.4) is 0 Å². The van der Waals surface area contributed by atoms with Gasteiger partial charge in [-0.25, -0.2) is 0 Å². The third-order valence-corrected chi connectivity index (χ3v) is 5.77. The van der Waals surface area contributed by atoms with Gasteiger partial charge in [-0.1, -0.05) is 60.1 Å². The van der Waals surface area contributed by atoms with Crippen molar-refractivity contribution < 1.29 is 14.5 Å². The SMILES string of the molecule is N#CC1=C(O)N(CCc2ccccc2)C(=O)C([n+]2ccccc2)C1c1ccc(Cl)cc1. The molecular formula is C25H21ClN3O2+. The van der Waals surface area contributed by atoms with E-state index in [1.165, 1.54) is 4.90 Å². The first-order chi connectivity index (χ1) is 15.1. The summed E-state index contributed by atoms with van der Waals surface area (Å²) in [6, 6.07) is 23.8. The number of benzene rings is 2. The van der Waals surface area contributed by atoms with E-state index in [2.05, 4.69) is 6.07 Å². The maximum absolute atomic E-state index is 13.6. The second-order valence-corrected chi connectivity index (χ2v) is 7.81. The number of aliphatic hydroxyl groups is 1.